The molecule has 2 N–H and O–H groups in total. The van der Waals surface area contributed by atoms with Crippen molar-refractivity contribution in [3.05, 3.63) is 23.5 Å². The summed E-state index contributed by atoms with van der Waals surface area (Å²) in [4.78, 5) is 0. The number of hydrogen-bond donors (Lipinski definition) is 2. The van der Waals surface area contributed by atoms with Crippen LogP contribution in [0.25, 0.3) is 0 Å². The lowest BCUT2D eigenvalue weighted by Crippen LogP contribution is -2.52. The van der Waals surface area contributed by atoms with Gasteiger partial charge in [-0.1, -0.05) is 32.4 Å². The third kappa shape index (κ3) is 1.82. The predicted octanol–water partition coefficient (Wildman–Crippen LogP) is 4.61. The van der Waals surface area contributed by atoms with E-state index in [0.29, 0.717) is 23.5 Å². The lowest BCUT2D eigenvalue weighted by atomic mass is 9.46. The highest BCUT2D eigenvalue weighted by Crippen LogP contribution is 2.65. The van der Waals surface area contributed by atoms with Crippen molar-refractivity contribution in [2.75, 3.05) is 0 Å². The van der Waals surface area contributed by atoms with Gasteiger partial charge in [-0.25, -0.2) is 0 Å². The monoisotopic (exact) mass is 302 g/mol. The average molecular weight is 302 g/mol. The lowest BCUT2D eigenvalue weighted by molar-refractivity contribution is -0.0535. The molecular weight excluding hydrogens is 272 g/mol. The molecule has 0 aromatic heterocycles. The molecule has 0 radical (unpaired) electrons. The third-order valence-corrected chi connectivity index (χ3v) is 8.00. The topological polar surface area (TPSA) is 40.5 Å². The van der Waals surface area contributed by atoms with E-state index < -0.39 is 0 Å². The summed E-state index contributed by atoms with van der Waals surface area (Å²) in [6.45, 7) is 7.17. The molecule has 2 heteroatoms. The summed E-state index contributed by atoms with van der Waals surface area (Å²) >= 11 is 0. The van der Waals surface area contributed by atoms with Crippen LogP contribution in [0.1, 0.15) is 59.3 Å². The van der Waals surface area contributed by atoms with Gasteiger partial charge in [0.2, 0.25) is 0 Å². The van der Waals surface area contributed by atoms with E-state index in [1.54, 1.807) is 0 Å². The zero-order valence-electron chi connectivity index (χ0n) is 14.2. The number of allylic oxidation sites excluding steroid dienone is 3. The number of rotatable bonds is 0. The summed E-state index contributed by atoms with van der Waals surface area (Å²) < 4.78 is 0. The third-order valence-electron chi connectivity index (χ3n) is 8.00. The zero-order valence-corrected chi connectivity index (χ0v) is 14.2. The first kappa shape index (κ1) is 14.8. The molecule has 1 unspecified atom stereocenters. The Kier molecular flexibility index (Phi) is 3.11. The van der Waals surface area contributed by atoms with Gasteiger partial charge in [0.25, 0.3) is 0 Å². The first-order valence-corrected chi connectivity index (χ1v) is 9.13. The molecule has 0 aliphatic heterocycles. The summed E-state index contributed by atoms with van der Waals surface area (Å²) in [7, 11) is 0. The summed E-state index contributed by atoms with van der Waals surface area (Å²) in [5.74, 6) is 3.22. The van der Waals surface area contributed by atoms with Gasteiger partial charge in [0.1, 0.15) is 0 Å². The number of aliphatic hydroxyl groups is 2. The van der Waals surface area contributed by atoms with Gasteiger partial charge in [-0.05, 0) is 72.7 Å². The molecule has 0 saturated heterocycles. The van der Waals surface area contributed by atoms with Gasteiger partial charge >= 0.3 is 0 Å². The molecule has 2 fully saturated rings. The van der Waals surface area contributed by atoms with E-state index in [1.807, 2.05) is 0 Å². The minimum Gasteiger partial charge on any atom is -0.513 e. The molecule has 2 saturated carbocycles. The molecule has 4 aliphatic rings. The average Bonchev–Trinajstić information content (AvgIpc) is 2.75. The van der Waals surface area contributed by atoms with Crippen LogP contribution in [0.3, 0.4) is 0 Å². The molecule has 122 valence electrons. The highest BCUT2D eigenvalue weighted by Gasteiger charge is 2.57. The van der Waals surface area contributed by atoms with Crippen molar-refractivity contribution in [2.45, 2.75) is 65.4 Å². The maximum Gasteiger partial charge on any atom is 0.0891 e. The van der Waals surface area contributed by atoms with E-state index in [4.69, 9.17) is 0 Å². The van der Waals surface area contributed by atoms with E-state index >= 15 is 0 Å². The largest absolute Gasteiger partial charge is 0.513 e. The normalized spacial score (nSPS) is 53.9. The van der Waals surface area contributed by atoms with Crippen molar-refractivity contribution in [2.24, 2.45) is 34.5 Å². The van der Waals surface area contributed by atoms with Crippen LogP contribution in [0, 0.1) is 34.5 Å². The minimum absolute atomic E-state index is 0.142. The first-order valence-electron chi connectivity index (χ1n) is 9.13. The number of hydrogen-bond acceptors (Lipinski definition) is 2. The van der Waals surface area contributed by atoms with Crippen molar-refractivity contribution in [3.63, 3.8) is 0 Å². The quantitative estimate of drug-likeness (QED) is 0.642. The first-order chi connectivity index (χ1) is 10.3. The zero-order chi connectivity index (χ0) is 15.7. The number of aliphatic hydroxyl groups excluding tert-OH is 2. The molecule has 0 heterocycles. The maximum atomic E-state index is 10.2. The second-order valence-corrected chi connectivity index (χ2v) is 9.00. The van der Waals surface area contributed by atoms with Gasteiger partial charge in [0.15, 0.2) is 0 Å². The summed E-state index contributed by atoms with van der Waals surface area (Å²) in [6, 6.07) is 0. The van der Waals surface area contributed by atoms with Gasteiger partial charge < -0.3 is 10.2 Å². The van der Waals surface area contributed by atoms with Gasteiger partial charge in [0, 0.05) is 6.42 Å². The Morgan fingerprint density at radius 1 is 1.18 bits per heavy atom. The second-order valence-electron chi connectivity index (χ2n) is 9.00. The van der Waals surface area contributed by atoms with Crippen molar-refractivity contribution < 1.29 is 10.2 Å². The molecule has 0 aromatic carbocycles. The van der Waals surface area contributed by atoms with Crippen LogP contribution in [0.4, 0.5) is 0 Å². The van der Waals surface area contributed by atoms with Gasteiger partial charge in [-0.15, -0.1) is 0 Å². The van der Waals surface area contributed by atoms with Gasteiger partial charge in [0.05, 0.1) is 11.9 Å². The smallest absolute Gasteiger partial charge is 0.0891 e. The van der Waals surface area contributed by atoms with E-state index in [1.165, 1.54) is 18.4 Å². The van der Waals surface area contributed by atoms with Gasteiger partial charge in [-0.2, -0.15) is 0 Å². The molecule has 0 bridgehead atoms. The van der Waals surface area contributed by atoms with Crippen molar-refractivity contribution >= 4 is 0 Å². The molecule has 0 aromatic rings. The van der Waals surface area contributed by atoms with Crippen molar-refractivity contribution in [3.8, 4) is 0 Å². The van der Waals surface area contributed by atoms with Crippen LogP contribution in [0.5, 0.6) is 0 Å². The highest BCUT2D eigenvalue weighted by atomic mass is 16.3. The highest BCUT2D eigenvalue weighted by molar-refractivity contribution is 5.28. The number of fused-ring (bicyclic) bond motifs is 5. The van der Waals surface area contributed by atoms with Crippen LogP contribution in [0.15, 0.2) is 23.5 Å². The Bertz CT molecular complexity index is 548. The van der Waals surface area contributed by atoms with Crippen molar-refractivity contribution in [1.82, 2.24) is 0 Å². The van der Waals surface area contributed by atoms with E-state index in [9.17, 15) is 10.2 Å². The molecule has 7 atom stereocenters. The molecule has 0 amide bonds. The van der Waals surface area contributed by atoms with Crippen LogP contribution >= 0.6 is 0 Å². The fraction of sp³-hybridized carbons (Fsp3) is 0.800. The maximum absolute atomic E-state index is 10.2. The standard InChI is InChI=1S/C20H30O2/c1-12-8-14(21)9-13-4-5-16-17(20(12,13)3)6-7-19(2)11-15(22)10-18(16)19/h4,11-12,14,16-18,21-22H,5-10H2,1-3H3/t12?,14-,16+,17-,18-,19+,20-/m0/s1. The van der Waals surface area contributed by atoms with Crippen LogP contribution in [0.2, 0.25) is 0 Å². The Morgan fingerprint density at radius 3 is 2.73 bits per heavy atom. The van der Waals surface area contributed by atoms with Gasteiger partial charge in [-0.3, -0.25) is 0 Å². The van der Waals surface area contributed by atoms with E-state index in [2.05, 4.69) is 32.9 Å². The minimum atomic E-state index is -0.142. The Hall–Kier alpha value is -0.760. The van der Waals surface area contributed by atoms with Crippen LogP contribution < -0.4 is 0 Å². The fourth-order valence-corrected chi connectivity index (χ4v) is 6.65. The molecule has 4 aliphatic carbocycles. The van der Waals surface area contributed by atoms with E-state index in [0.717, 1.165) is 31.6 Å². The molecule has 2 nitrogen and oxygen atoms in total. The van der Waals surface area contributed by atoms with Crippen LogP contribution in [-0.4, -0.2) is 16.3 Å². The van der Waals surface area contributed by atoms with Crippen LogP contribution in [-0.2, 0) is 0 Å². The Labute approximate surface area is 134 Å². The molecule has 0 spiro atoms. The lowest BCUT2D eigenvalue weighted by Gasteiger charge is -2.59. The summed E-state index contributed by atoms with van der Waals surface area (Å²) in [6.07, 6.45) is 10.8. The van der Waals surface area contributed by atoms with E-state index in [-0.39, 0.29) is 16.9 Å². The SMILES string of the molecule is CC1C[C@H](O)CC2=CC[C@H]3[C@@H]4CC(O)=C[C@@]4(C)CC[C@@H]3[C@]21C. The fourth-order valence-electron chi connectivity index (χ4n) is 6.65. The second kappa shape index (κ2) is 4.63. The van der Waals surface area contributed by atoms with Crippen molar-refractivity contribution in [1.29, 1.82) is 0 Å². The molecule has 22 heavy (non-hydrogen) atoms. The summed E-state index contributed by atoms with van der Waals surface area (Å²) in [5, 5.41) is 20.3. The Balaban J connectivity index is 1.71. The summed E-state index contributed by atoms with van der Waals surface area (Å²) in [5.41, 5.74) is 2.00. The predicted molar refractivity (Wildman–Crippen MR) is 88.4 cm³/mol. The Morgan fingerprint density at radius 2 is 1.95 bits per heavy atom. The molecular formula is C20H30O2. The molecule has 4 rings (SSSR count).